The summed E-state index contributed by atoms with van der Waals surface area (Å²) in [6.45, 7) is 3.29. The van der Waals surface area contributed by atoms with Crippen LogP contribution in [0.1, 0.15) is 42.0 Å². The van der Waals surface area contributed by atoms with Gasteiger partial charge in [0.1, 0.15) is 5.75 Å². The Morgan fingerprint density at radius 3 is 2.86 bits per heavy atom. The van der Waals surface area contributed by atoms with Crippen molar-refractivity contribution < 1.29 is 14.1 Å². The molecule has 146 valence electrons. The van der Waals surface area contributed by atoms with Gasteiger partial charge in [-0.3, -0.25) is 4.79 Å². The molecule has 1 aliphatic rings. The second-order valence-electron chi connectivity index (χ2n) is 6.71. The zero-order valence-corrected chi connectivity index (χ0v) is 15.9. The van der Waals surface area contributed by atoms with Gasteiger partial charge in [-0.15, -0.1) is 5.10 Å². The topological polar surface area (TPSA) is 99.2 Å². The second-order valence-corrected chi connectivity index (χ2v) is 6.71. The van der Waals surface area contributed by atoms with Crippen LogP contribution in [0.25, 0.3) is 11.6 Å². The molecule has 4 rings (SSSR count). The molecule has 9 heteroatoms. The van der Waals surface area contributed by atoms with Crippen LogP contribution in [-0.2, 0) is 6.42 Å². The van der Waals surface area contributed by atoms with Gasteiger partial charge >= 0.3 is 0 Å². The van der Waals surface area contributed by atoms with Crippen molar-refractivity contribution in [3.63, 3.8) is 0 Å². The summed E-state index contributed by atoms with van der Waals surface area (Å²) in [5.74, 6) is 1.74. The maximum atomic E-state index is 12.7. The van der Waals surface area contributed by atoms with Crippen molar-refractivity contribution in [3.05, 3.63) is 41.9 Å². The van der Waals surface area contributed by atoms with E-state index in [1.807, 2.05) is 40.9 Å². The zero-order chi connectivity index (χ0) is 19.5. The van der Waals surface area contributed by atoms with Gasteiger partial charge in [-0.25, -0.2) is 4.68 Å². The van der Waals surface area contributed by atoms with E-state index >= 15 is 0 Å². The molecule has 1 fully saturated rings. The average molecular weight is 382 g/mol. The Balaban J connectivity index is 1.39. The predicted molar refractivity (Wildman–Crippen MR) is 99.9 cm³/mol. The number of aryl methyl sites for hydroxylation is 1. The van der Waals surface area contributed by atoms with Crippen molar-refractivity contribution in [2.75, 3.05) is 20.2 Å². The molecule has 0 unspecified atom stereocenters. The minimum absolute atomic E-state index is 0.0228. The third-order valence-electron chi connectivity index (χ3n) is 4.96. The first kappa shape index (κ1) is 18.1. The van der Waals surface area contributed by atoms with Gasteiger partial charge in [0.05, 0.1) is 19.3 Å². The first-order valence-corrected chi connectivity index (χ1v) is 9.36. The molecule has 3 heterocycles. The van der Waals surface area contributed by atoms with Crippen LogP contribution in [0, 0.1) is 0 Å². The molecule has 1 aromatic carbocycles. The van der Waals surface area contributed by atoms with Crippen LogP contribution in [0.5, 0.6) is 5.75 Å². The lowest BCUT2D eigenvalue weighted by molar-refractivity contribution is 0.0689. The van der Waals surface area contributed by atoms with Crippen LogP contribution in [0.3, 0.4) is 0 Å². The van der Waals surface area contributed by atoms with Crippen molar-refractivity contribution in [2.24, 2.45) is 0 Å². The van der Waals surface area contributed by atoms with Crippen LogP contribution in [0.4, 0.5) is 0 Å². The number of carbonyl (C=O) groups excluding carboxylic acids is 1. The van der Waals surface area contributed by atoms with E-state index in [2.05, 4.69) is 20.5 Å². The standard InChI is InChI=1S/C19H22N6O3/c1-3-17-20-18(28-22-17)16-12-25(23-21-16)14-7-9-24(10-8-14)19(26)13-5-4-6-15(11-13)27-2/h4-6,11-12,14H,3,7-10H2,1-2H3. The SMILES string of the molecule is CCc1noc(-c2cn(C3CCN(C(=O)c4cccc(OC)c4)CC3)nn2)n1. The summed E-state index contributed by atoms with van der Waals surface area (Å²) >= 11 is 0. The van der Waals surface area contributed by atoms with Crippen LogP contribution < -0.4 is 4.74 Å². The van der Waals surface area contributed by atoms with Crippen molar-refractivity contribution in [1.82, 2.24) is 30.0 Å². The highest BCUT2D eigenvalue weighted by molar-refractivity contribution is 5.94. The zero-order valence-electron chi connectivity index (χ0n) is 15.9. The number of piperidine rings is 1. The summed E-state index contributed by atoms with van der Waals surface area (Å²) in [5, 5.41) is 12.3. The summed E-state index contributed by atoms with van der Waals surface area (Å²) in [6, 6.07) is 7.43. The number of hydrogen-bond acceptors (Lipinski definition) is 7. The summed E-state index contributed by atoms with van der Waals surface area (Å²) in [6.07, 6.45) is 4.15. The van der Waals surface area contributed by atoms with Crippen molar-refractivity contribution in [1.29, 1.82) is 0 Å². The fraction of sp³-hybridized carbons (Fsp3) is 0.421. The largest absolute Gasteiger partial charge is 0.497 e. The third kappa shape index (κ3) is 3.60. The number of methoxy groups -OCH3 is 1. The van der Waals surface area contributed by atoms with E-state index < -0.39 is 0 Å². The monoisotopic (exact) mass is 382 g/mol. The number of benzene rings is 1. The van der Waals surface area contributed by atoms with Crippen LogP contribution in [0.15, 0.2) is 35.0 Å². The first-order valence-electron chi connectivity index (χ1n) is 9.36. The Kier molecular flexibility index (Phi) is 5.05. The van der Waals surface area contributed by atoms with E-state index in [9.17, 15) is 4.79 Å². The summed E-state index contributed by atoms with van der Waals surface area (Å²) in [7, 11) is 1.60. The molecule has 1 saturated heterocycles. The number of amides is 1. The van der Waals surface area contributed by atoms with E-state index in [4.69, 9.17) is 9.26 Å². The molecule has 9 nitrogen and oxygen atoms in total. The average Bonchev–Trinajstić information content (AvgIpc) is 3.43. The number of hydrogen-bond donors (Lipinski definition) is 0. The summed E-state index contributed by atoms with van der Waals surface area (Å²) in [5.41, 5.74) is 1.21. The van der Waals surface area contributed by atoms with Gasteiger partial charge in [0.2, 0.25) is 0 Å². The van der Waals surface area contributed by atoms with Gasteiger partial charge < -0.3 is 14.2 Å². The van der Waals surface area contributed by atoms with Crippen molar-refractivity contribution >= 4 is 5.91 Å². The van der Waals surface area contributed by atoms with Crippen molar-refractivity contribution in [2.45, 2.75) is 32.2 Å². The Labute approximate surface area is 162 Å². The number of carbonyl (C=O) groups is 1. The van der Waals surface area contributed by atoms with Gasteiger partial charge in [-0.1, -0.05) is 23.4 Å². The van der Waals surface area contributed by atoms with Gasteiger partial charge in [-0.2, -0.15) is 4.98 Å². The maximum Gasteiger partial charge on any atom is 0.280 e. The fourth-order valence-electron chi connectivity index (χ4n) is 3.33. The molecule has 3 aromatic rings. The van der Waals surface area contributed by atoms with Gasteiger partial charge in [0.15, 0.2) is 11.5 Å². The molecule has 0 aliphatic carbocycles. The van der Waals surface area contributed by atoms with Crippen LogP contribution in [-0.4, -0.2) is 56.1 Å². The molecule has 0 bridgehead atoms. The second kappa shape index (κ2) is 7.79. The van der Waals surface area contributed by atoms with Gasteiger partial charge in [-0.05, 0) is 31.0 Å². The molecule has 1 aliphatic heterocycles. The minimum Gasteiger partial charge on any atom is -0.497 e. The van der Waals surface area contributed by atoms with E-state index in [1.54, 1.807) is 13.2 Å². The van der Waals surface area contributed by atoms with Crippen LogP contribution >= 0.6 is 0 Å². The predicted octanol–water partition coefficient (Wildman–Crippen LogP) is 2.38. The summed E-state index contributed by atoms with van der Waals surface area (Å²) < 4.78 is 12.3. The Morgan fingerprint density at radius 2 is 2.14 bits per heavy atom. The Bertz CT molecular complexity index is 958. The number of aromatic nitrogens is 5. The molecule has 0 atom stereocenters. The first-order chi connectivity index (χ1) is 13.7. The molecular formula is C19H22N6O3. The van der Waals surface area contributed by atoms with Gasteiger partial charge in [0, 0.05) is 25.1 Å². The molecule has 0 spiro atoms. The molecule has 1 amide bonds. The van der Waals surface area contributed by atoms with Crippen LogP contribution in [0.2, 0.25) is 0 Å². The number of rotatable bonds is 5. The number of ether oxygens (including phenoxy) is 1. The Morgan fingerprint density at radius 1 is 1.32 bits per heavy atom. The minimum atomic E-state index is 0.0228. The molecule has 0 saturated carbocycles. The summed E-state index contributed by atoms with van der Waals surface area (Å²) in [4.78, 5) is 18.9. The van der Waals surface area contributed by atoms with E-state index in [1.165, 1.54) is 0 Å². The molecular weight excluding hydrogens is 360 g/mol. The lowest BCUT2D eigenvalue weighted by Gasteiger charge is -2.31. The normalized spacial score (nSPS) is 15.0. The lowest BCUT2D eigenvalue weighted by Crippen LogP contribution is -2.39. The van der Waals surface area contributed by atoms with E-state index in [0.29, 0.717) is 48.2 Å². The Hall–Kier alpha value is -3.23. The molecule has 28 heavy (non-hydrogen) atoms. The van der Waals surface area contributed by atoms with E-state index in [-0.39, 0.29) is 11.9 Å². The molecule has 2 aromatic heterocycles. The van der Waals surface area contributed by atoms with Gasteiger partial charge in [0.25, 0.3) is 11.8 Å². The smallest absolute Gasteiger partial charge is 0.280 e. The fourth-order valence-corrected chi connectivity index (χ4v) is 3.33. The lowest BCUT2D eigenvalue weighted by atomic mass is 10.0. The highest BCUT2D eigenvalue weighted by Crippen LogP contribution is 2.25. The number of nitrogens with zero attached hydrogens (tertiary/aromatic N) is 6. The highest BCUT2D eigenvalue weighted by atomic mass is 16.5. The molecule has 0 radical (unpaired) electrons. The number of likely N-dealkylation sites (tertiary alicyclic amines) is 1. The molecule has 0 N–H and O–H groups in total. The van der Waals surface area contributed by atoms with Crippen molar-refractivity contribution in [3.8, 4) is 17.3 Å². The quantitative estimate of drug-likeness (QED) is 0.668. The highest BCUT2D eigenvalue weighted by Gasteiger charge is 2.26. The third-order valence-corrected chi connectivity index (χ3v) is 4.96. The van der Waals surface area contributed by atoms with E-state index in [0.717, 1.165) is 12.8 Å². The maximum absolute atomic E-state index is 12.7.